The first-order valence-electron chi connectivity index (χ1n) is 6.32. The molecule has 1 heterocycles. The highest BCUT2D eigenvalue weighted by Crippen LogP contribution is 2.65. The van der Waals surface area contributed by atoms with Crippen LogP contribution in [0.4, 0.5) is 4.79 Å². The number of carbonyl (C=O) groups excluding carboxylic acids is 1. The van der Waals surface area contributed by atoms with Crippen molar-refractivity contribution in [1.82, 2.24) is 14.9 Å². The number of alkyl carbamates (subject to hydrolysis) is 1. The molecule has 0 aromatic carbocycles. The van der Waals surface area contributed by atoms with Crippen LogP contribution in [-0.2, 0) is 10.3 Å². The maximum Gasteiger partial charge on any atom is 0.408 e. The maximum absolute atomic E-state index is 11.7. The second-order valence-electron chi connectivity index (χ2n) is 6.63. The van der Waals surface area contributed by atoms with Gasteiger partial charge in [0.2, 0.25) is 0 Å². The number of carbonyl (C=O) groups is 1. The predicted molar refractivity (Wildman–Crippen MR) is 66.2 cm³/mol. The average Bonchev–Trinajstić information content (AvgIpc) is 2.57. The number of ether oxygens (including phenoxy) is 1. The summed E-state index contributed by atoms with van der Waals surface area (Å²) in [6.45, 7) is 5.63. The molecule has 2 bridgehead atoms. The van der Waals surface area contributed by atoms with Crippen molar-refractivity contribution in [2.75, 3.05) is 0 Å². The molecule has 98 valence electrons. The lowest BCUT2D eigenvalue weighted by molar-refractivity contribution is -0.136. The topological polar surface area (TPSA) is 56.1 Å². The normalized spacial score (nSPS) is 33.3. The summed E-state index contributed by atoms with van der Waals surface area (Å²) in [5, 5.41) is 3.01. The molecule has 5 heteroatoms. The van der Waals surface area contributed by atoms with Crippen LogP contribution in [0.3, 0.4) is 0 Å². The van der Waals surface area contributed by atoms with Crippen molar-refractivity contribution < 1.29 is 9.53 Å². The van der Waals surface area contributed by atoms with Gasteiger partial charge in [-0.1, -0.05) is 0 Å². The van der Waals surface area contributed by atoms with E-state index in [0.29, 0.717) is 0 Å². The summed E-state index contributed by atoms with van der Waals surface area (Å²) in [6, 6.07) is 0. The fourth-order valence-electron chi connectivity index (χ4n) is 3.20. The van der Waals surface area contributed by atoms with E-state index in [9.17, 15) is 4.79 Å². The molecule has 1 amide bonds. The Labute approximate surface area is 107 Å². The third kappa shape index (κ3) is 1.69. The van der Waals surface area contributed by atoms with Gasteiger partial charge in [-0.2, -0.15) is 0 Å². The molecule has 0 unspecified atom stereocenters. The Morgan fingerprint density at radius 3 is 2.56 bits per heavy atom. The number of amides is 1. The maximum atomic E-state index is 11.7. The van der Waals surface area contributed by atoms with Gasteiger partial charge in [-0.05, 0) is 40.0 Å². The monoisotopic (exact) mass is 249 g/mol. The van der Waals surface area contributed by atoms with Crippen LogP contribution in [-0.4, -0.2) is 26.8 Å². The van der Waals surface area contributed by atoms with Gasteiger partial charge in [0.25, 0.3) is 0 Å². The smallest absolute Gasteiger partial charge is 0.408 e. The lowest BCUT2D eigenvalue weighted by Crippen LogP contribution is -2.78. The van der Waals surface area contributed by atoms with Crippen LogP contribution in [0.2, 0.25) is 0 Å². The number of nitrogens with one attached hydrogen (secondary N) is 1. The molecule has 0 atom stereocenters. The van der Waals surface area contributed by atoms with Crippen LogP contribution in [0.25, 0.3) is 0 Å². The molecule has 3 aliphatic rings. The van der Waals surface area contributed by atoms with Gasteiger partial charge < -0.3 is 14.6 Å². The molecule has 3 fully saturated rings. The highest BCUT2D eigenvalue weighted by molar-refractivity contribution is 5.70. The van der Waals surface area contributed by atoms with Gasteiger partial charge >= 0.3 is 6.09 Å². The van der Waals surface area contributed by atoms with E-state index < -0.39 is 5.60 Å². The van der Waals surface area contributed by atoms with Crippen molar-refractivity contribution in [3.8, 4) is 0 Å². The SMILES string of the molecule is CC(C)(C)OC(=O)NC12CC(n3ccnc3)(C1)C2. The number of hydrogen-bond donors (Lipinski definition) is 1. The van der Waals surface area contributed by atoms with Crippen LogP contribution in [0.15, 0.2) is 18.7 Å². The molecular formula is C13H19N3O2. The summed E-state index contributed by atoms with van der Waals surface area (Å²) in [6.07, 6.45) is 8.30. The number of aromatic nitrogens is 2. The summed E-state index contributed by atoms with van der Waals surface area (Å²) >= 11 is 0. The lowest BCUT2D eigenvalue weighted by atomic mass is 9.44. The summed E-state index contributed by atoms with van der Waals surface area (Å²) in [5.74, 6) is 0. The first-order chi connectivity index (χ1) is 8.33. The van der Waals surface area contributed by atoms with Gasteiger partial charge in [0.05, 0.1) is 17.4 Å². The van der Waals surface area contributed by atoms with E-state index in [1.54, 1.807) is 6.20 Å². The summed E-state index contributed by atoms with van der Waals surface area (Å²) in [5.41, 5.74) is -0.270. The zero-order chi connectivity index (χ0) is 13.0. The Bertz CT molecular complexity index is 453. The Morgan fingerprint density at radius 1 is 1.39 bits per heavy atom. The molecule has 0 saturated heterocycles. The van der Waals surface area contributed by atoms with E-state index in [4.69, 9.17) is 4.74 Å². The molecule has 3 saturated carbocycles. The molecule has 1 aromatic rings. The van der Waals surface area contributed by atoms with Gasteiger partial charge in [0.1, 0.15) is 5.60 Å². The average molecular weight is 249 g/mol. The standard InChI is InChI=1S/C13H19N3O2/c1-11(2,3)18-10(17)15-12-6-13(7-12,8-12)16-5-4-14-9-16/h4-5,9H,6-8H2,1-3H3,(H,15,17). The van der Waals surface area contributed by atoms with E-state index >= 15 is 0 Å². The molecular weight excluding hydrogens is 230 g/mol. The minimum Gasteiger partial charge on any atom is -0.444 e. The molecule has 4 rings (SSSR count). The first kappa shape index (κ1) is 11.6. The second-order valence-corrected chi connectivity index (χ2v) is 6.63. The molecule has 3 aliphatic carbocycles. The third-order valence-electron chi connectivity index (χ3n) is 3.82. The van der Waals surface area contributed by atoms with Crippen LogP contribution >= 0.6 is 0 Å². The van der Waals surface area contributed by atoms with Crippen LogP contribution < -0.4 is 5.32 Å². The van der Waals surface area contributed by atoms with Gasteiger partial charge in [0, 0.05) is 12.4 Å². The van der Waals surface area contributed by atoms with Gasteiger partial charge in [0.15, 0.2) is 0 Å². The Balaban J connectivity index is 1.56. The third-order valence-corrected chi connectivity index (χ3v) is 3.82. The highest BCUT2D eigenvalue weighted by Gasteiger charge is 2.69. The second kappa shape index (κ2) is 3.28. The van der Waals surface area contributed by atoms with E-state index in [1.807, 2.05) is 33.3 Å². The van der Waals surface area contributed by atoms with Crippen molar-refractivity contribution in [2.24, 2.45) is 0 Å². The molecule has 0 radical (unpaired) electrons. The molecule has 1 N–H and O–H groups in total. The van der Waals surface area contributed by atoms with Gasteiger partial charge in [-0.15, -0.1) is 0 Å². The Kier molecular flexibility index (Phi) is 2.10. The van der Waals surface area contributed by atoms with Crippen molar-refractivity contribution in [1.29, 1.82) is 0 Å². The fraction of sp³-hybridized carbons (Fsp3) is 0.692. The van der Waals surface area contributed by atoms with E-state index in [0.717, 1.165) is 19.3 Å². The van der Waals surface area contributed by atoms with E-state index in [2.05, 4.69) is 14.9 Å². The van der Waals surface area contributed by atoms with Gasteiger partial charge in [-0.25, -0.2) is 9.78 Å². The number of imidazole rings is 1. The quantitative estimate of drug-likeness (QED) is 0.872. The zero-order valence-corrected chi connectivity index (χ0v) is 11.1. The van der Waals surface area contributed by atoms with E-state index in [-0.39, 0.29) is 17.2 Å². The molecule has 18 heavy (non-hydrogen) atoms. The van der Waals surface area contributed by atoms with Crippen molar-refractivity contribution in [3.63, 3.8) is 0 Å². The molecule has 0 aliphatic heterocycles. The first-order valence-corrected chi connectivity index (χ1v) is 6.32. The Morgan fingerprint density at radius 2 is 2.06 bits per heavy atom. The Hall–Kier alpha value is -1.52. The number of nitrogens with zero attached hydrogens (tertiary/aromatic N) is 2. The minimum absolute atomic E-state index is 0.0351. The lowest BCUT2D eigenvalue weighted by Gasteiger charge is -2.70. The highest BCUT2D eigenvalue weighted by atomic mass is 16.6. The number of rotatable bonds is 2. The van der Waals surface area contributed by atoms with Crippen LogP contribution in [0, 0.1) is 0 Å². The summed E-state index contributed by atoms with van der Waals surface area (Å²) < 4.78 is 7.45. The predicted octanol–water partition coefficient (Wildman–Crippen LogP) is 2.04. The molecule has 5 nitrogen and oxygen atoms in total. The minimum atomic E-state index is -0.435. The fourth-order valence-corrected chi connectivity index (χ4v) is 3.20. The van der Waals surface area contributed by atoms with Crippen molar-refractivity contribution in [3.05, 3.63) is 18.7 Å². The molecule has 1 aromatic heterocycles. The number of hydrogen-bond acceptors (Lipinski definition) is 3. The van der Waals surface area contributed by atoms with Crippen LogP contribution in [0.1, 0.15) is 40.0 Å². The van der Waals surface area contributed by atoms with Gasteiger partial charge in [-0.3, -0.25) is 0 Å². The molecule has 0 spiro atoms. The van der Waals surface area contributed by atoms with Crippen molar-refractivity contribution >= 4 is 6.09 Å². The van der Waals surface area contributed by atoms with E-state index in [1.165, 1.54) is 0 Å². The van der Waals surface area contributed by atoms with Crippen molar-refractivity contribution in [2.45, 2.75) is 56.7 Å². The summed E-state index contributed by atoms with van der Waals surface area (Å²) in [7, 11) is 0. The summed E-state index contributed by atoms with van der Waals surface area (Å²) in [4.78, 5) is 15.8. The largest absolute Gasteiger partial charge is 0.444 e. The van der Waals surface area contributed by atoms with Crippen LogP contribution in [0.5, 0.6) is 0 Å². The zero-order valence-electron chi connectivity index (χ0n) is 11.1.